The average molecular weight is 665 g/mol. The van der Waals surface area contributed by atoms with Crippen LogP contribution in [0.2, 0.25) is 0 Å². The summed E-state index contributed by atoms with van der Waals surface area (Å²) in [7, 11) is 0. The van der Waals surface area contributed by atoms with Gasteiger partial charge in [0.25, 0.3) is 6.43 Å². The van der Waals surface area contributed by atoms with Gasteiger partial charge in [0.05, 0.1) is 63.9 Å². The molecule has 4 saturated heterocycles. The fraction of sp³-hybridized carbons (Fsp3) is 0.576. The lowest BCUT2D eigenvalue weighted by atomic mass is 9.82. The van der Waals surface area contributed by atoms with Crippen LogP contribution in [0.5, 0.6) is 6.01 Å². The van der Waals surface area contributed by atoms with E-state index in [9.17, 15) is 9.65 Å². The molecule has 4 bridgehead atoms. The minimum Gasteiger partial charge on any atom is -0.463 e. The third-order valence-electron chi connectivity index (χ3n) is 11.1. The first kappa shape index (κ1) is 29.7. The van der Waals surface area contributed by atoms with Gasteiger partial charge in [0, 0.05) is 61.3 Å². The second kappa shape index (κ2) is 11.1. The second-order valence-corrected chi connectivity index (χ2v) is 15.3. The zero-order chi connectivity index (χ0) is 32.0. The zero-order valence-electron chi connectivity index (χ0n) is 25.7. The molecule has 9 rings (SSSR count). The van der Waals surface area contributed by atoms with Crippen LogP contribution in [0.1, 0.15) is 49.8 Å². The smallest absolute Gasteiger partial charge is 0.318 e. The first-order chi connectivity index (χ1) is 22.8. The minimum absolute atomic E-state index is 0.0181. The van der Waals surface area contributed by atoms with Crippen molar-refractivity contribution < 1.29 is 22.6 Å². The number of ether oxygens (including phenoxy) is 2. The van der Waals surface area contributed by atoms with Crippen molar-refractivity contribution in [1.29, 1.82) is 5.26 Å². The van der Waals surface area contributed by atoms with Crippen LogP contribution >= 0.6 is 11.8 Å². The lowest BCUT2D eigenvalue weighted by Crippen LogP contribution is -2.65. The van der Waals surface area contributed by atoms with Crippen LogP contribution in [0.15, 0.2) is 34.8 Å². The number of nitrogens with two attached hydrogens (primary N) is 1. The number of aromatic nitrogens is 3. The van der Waals surface area contributed by atoms with Gasteiger partial charge >= 0.3 is 6.01 Å². The van der Waals surface area contributed by atoms with Crippen molar-refractivity contribution in [3.63, 3.8) is 0 Å². The third kappa shape index (κ3) is 4.91. The first-order valence-electron chi connectivity index (χ1n) is 16.4. The maximum Gasteiger partial charge on any atom is 0.318 e. The maximum absolute atomic E-state index is 15.3. The molecular weight excluding hydrogens is 629 g/mol. The molecule has 2 aromatic rings. The molecule has 6 atom stereocenters. The van der Waals surface area contributed by atoms with Crippen LogP contribution in [0.25, 0.3) is 16.5 Å². The Morgan fingerprint density at radius 2 is 1.94 bits per heavy atom. The maximum atomic E-state index is 15.3. The predicted octanol–water partition coefficient (Wildman–Crippen LogP) is 4.21. The van der Waals surface area contributed by atoms with Crippen LogP contribution in [0, 0.1) is 22.7 Å². The van der Waals surface area contributed by atoms with Gasteiger partial charge in [-0.1, -0.05) is 17.8 Å². The van der Waals surface area contributed by atoms with Gasteiger partial charge in [-0.3, -0.25) is 9.88 Å². The van der Waals surface area contributed by atoms with Crippen LogP contribution in [0.3, 0.4) is 0 Å². The molecule has 2 aliphatic carbocycles. The highest BCUT2D eigenvalue weighted by Crippen LogP contribution is 2.53. The van der Waals surface area contributed by atoms with Gasteiger partial charge in [-0.15, -0.1) is 0 Å². The molecule has 0 amide bonds. The fourth-order valence-electron chi connectivity index (χ4n) is 8.41. The summed E-state index contributed by atoms with van der Waals surface area (Å²) in [5, 5.41) is 13.3. The molecule has 246 valence electrons. The molecule has 0 aromatic carbocycles. The summed E-state index contributed by atoms with van der Waals surface area (Å²) in [6, 6.07) is 3.63. The molecule has 5 fully saturated rings. The van der Waals surface area contributed by atoms with Gasteiger partial charge in [0.1, 0.15) is 11.6 Å². The first-order valence-corrected chi connectivity index (χ1v) is 17.3. The summed E-state index contributed by atoms with van der Waals surface area (Å²) in [6.45, 7) is 4.21. The number of hydrogen-bond donors (Lipinski definition) is 2. The Balaban J connectivity index is 1.12. The van der Waals surface area contributed by atoms with Crippen molar-refractivity contribution in [2.45, 2.75) is 67.9 Å². The normalized spacial score (nSPS) is 32.2. The Kier molecular flexibility index (Phi) is 7.01. The van der Waals surface area contributed by atoms with E-state index in [0.717, 1.165) is 57.2 Å². The van der Waals surface area contributed by atoms with E-state index in [1.807, 2.05) is 0 Å². The predicted molar refractivity (Wildman–Crippen MR) is 170 cm³/mol. The molecule has 6 unspecified atom stereocenters. The number of hydrogen-bond acceptors (Lipinski definition) is 11. The number of pyridine rings is 1. The van der Waals surface area contributed by atoms with Gasteiger partial charge in [-0.05, 0) is 43.8 Å². The van der Waals surface area contributed by atoms with Crippen molar-refractivity contribution in [1.82, 2.24) is 25.2 Å². The third-order valence-corrected chi connectivity index (χ3v) is 12.3. The molecule has 5 aliphatic heterocycles. The molecule has 3 N–H and O–H groups in total. The monoisotopic (exact) mass is 664 g/mol. The van der Waals surface area contributed by atoms with Crippen molar-refractivity contribution in [3.8, 4) is 12.1 Å². The molecule has 7 heterocycles. The lowest BCUT2D eigenvalue weighted by molar-refractivity contribution is -0.135. The van der Waals surface area contributed by atoms with Gasteiger partial charge in [0.2, 0.25) is 0 Å². The molecule has 0 spiro atoms. The largest absolute Gasteiger partial charge is 0.463 e. The summed E-state index contributed by atoms with van der Waals surface area (Å²) in [6.07, 6.45) is 6.58. The Morgan fingerprint density at radius 1 is 1.17 bits per heavy atom. The average Bonchev–Trinajstić information content (AvgIpc) is 3.65. The van der Waals surface area contributed by atoms with E-state index in [0.29, 0.717) is 48.6 Å². The number of alkyl halides is 2. The molecule has 7 aliphatic rings. The van der Waals surface area contributed by atoms with Crippen molar-refractivity contribution in [2.75, 3.05) is 44.4 Å². The molecule has 47 heavy (non-hydrogen) atoms. The standard InChI is InChI=1S/C33H35F3N8O2S/c34-23-4-3-20(24-21(8-37)30(38)47-28(23)24)26-25(29(35)36)27-22(9-39-26)31(43-10-16-1-2-17(11-43)40-16)42-32(41-27)46-15-33(5-6-33)14-44-18-7-19(44)13-45-12-18/h3-4,9,16-19,24,28-29,40H,1-2,5-7,10-15,38H2. The van der Waals surface area contributed by atoms with Crippen LogP contribution in [0.4, 0.5) is 19.0 Å². The SMILES string of the molecule is N#CC1=C(N)SC2C(F)=CC=C(c3ncc4c(N5CC6CCC(C5)N6)nc(OCC5(CN6C7COCC6C7)CC5)nc4c3C(F)F)C12. The van der Waals surface area contributed by atoms with E-state index < -0.39 is 23.4 Å². The van der Waals surface area contributed by atoms with Gasteiger partial charge < -0.3 is 25.4 Å². The fourth-order valence-corrected chi connectivity index (χ4v) is 9.59. The van der Waals surface area contributed by atoms with E-state index in [4.69, 9.17) is 20.2 Å². The quantitative estimate of drug-likeness (QED) is 0.422. The molecule has 1 saturated carbocycles. The highest BCUT2D eigenvalue weighted by Gasteiger charge is 2.52. The molecule has 0 radical (unpaired) electrons. The molecule has 10 nitrogen and oxygen atoms in total. The molecule has 14 heteroatoms. The summed E-state index contributed by atoms with van der Waals surface area (Å²) >= 11 is 1.03. The number of anilines is 1. The summed E-state index contributed by atoms with van der Waals surface area (Å²) < 4.78 is 57.6. The second-order valence-electron chi connectivity index (χ2n) is 14.1. The Morgan fingerprint density at radius 3 is 2.62 bits per heavy atom. The van der Waals surface area contributed by atoms with Gasteiger partial charge in [-0.2, -0.15) is 15.2 Å². The van der Waals surface area contributed by atoms with E-state index in [2.05, 4.69) is 31.2 Å². The minimum atomic E-state index is -2.96. The van der Waals surface area contributed by atoms with Crippen molar-refractivity contribution in [3.05, 3.63) is 46.0 Å². The topological polar surface area (TPSA) is 125 Å². The van der Waals surface area contributed by atoms with E-state index in [1.165, 1.54) is 18.6 Å². The van der Waals surface area contributed by atoms with Crippen LogP contribution < -0.4 is 20.7 Å². The van der Waals surface area contributed by atoms with Crippen LogP contribution in [-0.4, -0.2) is 88.7 Å². The van der Waals surface area contributed by atoms with Crippen LogP contribution in [-0.2, 0) is 4.74 Å². The summed E-state index contributed by atoms with van der Waals surface area (Å²) in [4.78, 5) is 18.8. The highest BCUT2D eigenvalue weighted by atomic mass is 32.2. The Labute approximate surface area is 274 Å². The summed E-state index contributed by atoms with van der Waals surface area (Å²) in [5.41, 5.74) is 6.23. The number of nitriles is 1. The number of thioether (sulfide) groups is 1. The number of fused-ring (bicyclic) bond motifs is 6. The van der Waals surface area contributed by atoms with Crippen molar-refractivity contribution >= 4 is 34.1 Å². The zero-order valence-corrected chi connectivity index (χ0v) is 26.5. The number of nitrogens with zero attached hydrogens (tertiary/aromatic N) is 6. The number of piperazine rings is 1. The highest BCUT2D eigenvalue weighted by molar-refractivity contribution is 8.04. The van der Waals surface area contributed by atoms with Crippen molar-refractivity contribution in [2.24, 2.45) is 17.1 Å². The Hall–Kier alpha value is -3.38. The molecular formula is C33H35F3N8O2S. The van der Waals surface area contributed by atoms with Gasteiger partial charge in [-0.25, -0.2) is 13.2 Å². The number of halogens is 3. The van der Waals surface area contributed by atoms with E-state index in [-0.39, 0.29) is 50.9 Å². The molecule has 2 aromatic heterocycles. The number of nitrogens with one attached hydrogen (secondary N) is 1. The van der Waals surface area contributed by atoms with E-state index >= 15 is 8.78 Å². The number of allylic oxidation sites excluding steroid dienone is 4. The number of rotatable bonds is 8. The van der Waals surface area contributed by atoms with Gasteiger partial charge in [0.15, 0.2) is 0 Å². The lowest BCUT2D eigenvalue weighted by Gasteiger charge is -2.53. The Bertz CT molecular complexity index is 1760. The number of morpholine rings is 1. The summed E-state index contributed by atoms with van der Waals surface area (Å²) in [5.74, 6) is -0.768. The van der Waals surface area contributed by atoms with E-state index in [1.54, 1.807) is 6.20 Å².